The lowest BCUT2D eigenvalue weighted by molar-refractivity contribution is -0.122. The summed E-state index contributed by atoms with van der Waals surface area (Å²) in [5, 5.41) is 6.12. The van der Waals surface area contributed by atoms with Crippen molar-refractivity contribution < 1.29 is 9.59 Å². The van der Waals surface area contributed by atoms with Crippen LogP contribution in [-0.4, -0.2) is 11.8 Å². The number of halogens is 2. The minimum absolute atomic E-state index is 0.0473. The molecule has 2 amide bonds. The number of carbonyl (C=O) groups is 2. The molecular formula is C16H12Cl2N2O2. The molecule has 0 saturated carbocycles. The maximum Gasteiger partial charge on any atom is 0.232 e. The highest BCUT2D eigenvalue weighted by Crippen LogP contribution is 2.35. The predicted octanol–water partition coefficient (Wildman–Crippen LogP) is 4.06. The average Bonchev–Trinajstić information content (AvgIpc) is 2.80. The van der Waals surface area contributed by atoms with Crippen LogP contribution in [0.3, 0.4) is 0 Å². The van der Waals surface area contributed by atoms with Crippen LogP contribution in [0.2, 0.25) is 10.0 Å². The molecule has 0 bridgehead atoms. The molecule has 2 aromatic rings. The number of amides is 2. The molecule has 6 heteroatoms. The highest BCUT2D eigenvalue weighted by molar-refractivity contribution is 6.44. The lowest BCUT2D eigenvalue weighted by Gasteiger charge is -2.11. The molecule has 0 aliphatic carbocycles. The molecule has 22 heavy (non-hydrogen) atoms. The number of para-hydroxylation sites is 1. The minimum atomic E-state index is -0.492. The highest BCUT2D eigenvalue weighted by atomic mass is 35.5. The molecule has 2 N–H and O–H groups in total. The van der Waals surface area contributed by atoms with Gasteiger partial charge in [0.15, 0.2) is 0 Å². The van der Waals surface area contributed by atoms with Crippen LogP contribution in [0.4, 0.5) is 11.4 Å². The predicted molar refractivity (Wildman–Crippen MR) is 87.5 cm³/mol. The summed E-state index contributed by atoms with van der Waals surface area (Å²) < 4.78 is 0. The van der Waals surface area contributed by atoms with Crippen molar-refractivity contribution in [2.75, 3.05) is 10.6 Å². The van der Waals surface area contributed by atoms with Crippen LogP contribution in [0.1, 0.15) is 17.9 Å². The fourth-order valence-corrected chi connectivity index (χ4v) is 2.81. The molecule has 0 radical (unpaired) electrons. The summed E-state index contributed by atoms with van der Waals surface area (Å²) in [5.41, 5.74) is 2.02. The fraction of sp³-hybridized carbons (Fsp3) is 0.125. The van der Waals surface area contributed by atoms with Crippen LogP contribution in [-0.2, 0) is 9.59 Å². The van der Waals surface area contributed by atoms with Gasteiger partial charge in [-0.25, -0.2) is 0 Å². The third-order valence-corrected chi connectivity index (χ3v) is 4.34. The molecule has 1 atom stereocenters. The number of fused-ring (bicyclic) bond motifs is 1. The van der Waals surface area contributed by atoms with Crippen LogP contribution in [0.5, 0.6) is 0 Å². The number of carbonyl (C=O) groups excluding carboxylic acids is 2. The Morgan fingerprint density at radius 1 is 1.14 bits per heavy atom. The largest absolute Gasteiger partial charge is 0.325 e. The monoisotopic (exact) mass is 334 g/mol. The van der Waals surface area contributed by atoms with Gasteiger partial charge in [-0.15, -0.1) is 0 Å². The third-order valence-electron chi connectivity index (χ3n) is 3.53. The normalized spacial score (nSPS) is 16.1. The Morgan fingerprint density at radius 3 is 2.73 bits per heavy atom. The standard InChI is InChI=1S/C16H12Cl2N2O2/c17-11-5-3-7-13(15(11)18)19-14(21)8-10-9-4-1-2-6-12(9)20-16(10)22/h1-7,10H,8H2,(H,19,21)(H,20,22). The molecule has 2 aromatic carbocycles. The summed E-state index contributed by atoms with van der Waals surface area (Å²) in [6, 6.07) is 12.3. The lowest BCUT2D eigenvalue weighted by atomic mass is 9.97. The highest BCUT2D eigenvalue weighted by Gasteiger charge is 2.31. The Kier molecular flexibility index (Phi) is 4.05. The smallest absolute Gasteiger partial charge is 0.232 e. The second kappa shape index (κ2) is 5.99. The first kappa shape index (κ1) is 14.9. The first-order valence-electron chi connectivity index (χ1n) is 6.70. The van der Waals surface area contributed by atoms with Crippen molar-refractivity contribution in [1.29, 1.82) is 0 Å². The van der Waals surface area contributed by atoms with Gasteiger partial charge in [0.25, 0.3) is 0 Å². The van der Waals surface area contributed by atoms with Crippen LogP contribution < -0.4 is 10.6 Å². The van der Waals surface area contributed by atoms with Crippen molar-refractivity contribution >= 4 is 46.4 Å². The maximum atomic E-state index is 12.2. The number of rotatable bonds is 3. The zero-order chi connectivity index (χ0) is 15.7. The van der Waals surface area contributed by atoms with E-state index in [4.69, 9.17) is 23.2 Å². The van der Waals surface area contributed by atoms with Crippen molar-refractivity contribution in [3.05, 3.63) is 58.1 Å². The van der Waals surface area contributed by atoms with Crippen molar-refractivity contribution in [1.82, 2.24) is 0 Å². The number of nitrogens with one attached hydrogen (secondary N) is 2. The van der Waals surface area contributed by atoms with Gasteiger partial charge < -0.3 is 10.6 Å². The summed E-state index contributed by atoms with van der Waals surface area (Å²) >= 11 is 11.9. The second-order valence-corrected chi connectivity index (χ2v) is 5.77. The van der Waals surface area contributed by atoms with E-state index in [1.54, 1.807) is 18.2 Å². The molecule has 0 fully saturated rings. The van der Waals surface area contributed by atoms with E-state index in [-0.39, 0.29) is 23.3 Å². The number of hydrogen-bond donors (Lipinski definition) is 2. The summed E-state index contributed by atoms with van der Waals surface area (Å²) in [6.45, 7) is 0. The number of anilines is 2. The zero-order valence-corrected chi connectivity index (χ0v) is 12.9. The molecule has 1 heterocycles. The van der Waals surface area contributed by atoms with E-state index in [1.165, 1.54) is 0 Å². The third kappa shape index (κ3) is 2.80. The lowest BCUT2D eigenvalue weighted by Crippen LogP contribution is -2.20. The minimum Gasteiger partial charge on any atom is -0.325 e. The van der Waals surface area contributed by atoms with E-state index in [1.807, 2.05) is 24.3 Å². The van der Waals surface area contributed by atoms with Gasteiger partial charge in [-0.2, -0.15) is 0 Å². The van der Waals surface area contributed by atoms with E-state index < -0.39 is 5.92 Å². The number of benzene rings is 2. The van der Waals surface area contributed by atoms with Crippen LogP contribution >= 0.6 is 23.2 Å². The van der Waals surface area contributed by atoms with Crippen molar-refractivity contribution in [2.45, 2.75) is 12.3 Å². The molecular weight excluding hydrogens is 323 g/mol. The topological polar surface area (TPSA) is 58.2 Å². The Bertz CT molecular complexity index is 762. The van der Waals surface area contributed by atoms with Crippen LogP contribution in [0.15, 0.2) is 42.5 Å². The molecule has 0 spiro atoms. The van der Waals surface area contributed by atoms with Gasteiger partial charge in [-0.1, -0.05) is 47.5 Å². The molecule has 112 valence electrons. The summed E-state index contributed by atoms with van der Waals surface area (Å²) in [6.07, 6.45) is 0.0473. The second-order valence-electron chi connectivity index (χ2n) is 4.98. The molecule has 0 saturated heterocycles. The van der Waals surface area contributed by atoms with Gasteiger partial charge in [0.2, 0.25) is 11.8 Å². The Hall–Kier alpha value is -2.04. The average molecular weight is 335 g/mol. The Morgan fingerprint density at radius 2 is 1.91 bits per heavy atom. The first-order chi connectivity index (χ1) is 10.6. The van der Waals surface area contributed by atoms with Gasteiger partial charge >= 0.3 is 0 Å². The first-order valence-corrected chi connectivity index (χ1v) is 7.45. The van der Waals surface area contributed by atoms with E-state index in [0.717, 1.165) is 11.3 Å². The van der Waals surface area contributed by atoms with Gasteiger partial charge in [-0.05, 0) is 23.8 Å². The fourth-order valence-electron chi connectivity index (χ4n) is 2.47. The molecule has 1 aliphatic rings. The summed E-state index contributed by atoms with van der Waals surface area (Å²) in [5.74, 6) is -0.955. The quantitative estimate of drug-likeness (QED) is 0.889. The van der Waals surface area contributed by atoms with Gasteiger partial charge in [0, 0.05) is 12.1 Å². The van der Waals surface area contributed by atoms with E-state index >= 15 is 0 Å². The van der Waals surface area contributed by atoms with Crippen molar-refractivity contribution in [2.24, 2.45) is 0 Å². The molecule has 4 nitrogen and oxygen atoms in total. The maximum absolute atomic E-state index is 12.2. The SMILES string of the molecule is O=C(CC1C(=O)Nc2ccccc21)Nc1cccc(Cl)c1Cl. The molecule has 1 aliphatic heterocycles. The van der Waals surface area contributed by atoms with E-state index in [9.17, 15) is 9.59 Å². The van der Waals surface area contributed by atoms with Crippen LogP contribution in [0.25, 0.3) is 0 Å². The summed E-state index contributed by atoms with van der Waals surface area (Å²) in [4.78, 5) is 24.2. The molecule has 0 aromatic heterocycles. The van der Waals surface area contributed by atoms with E-state index in [2.05, 4.69) is 10.6 Å². The Labute approximate surface area is 137 Å². The van der Waals surface area contributed by atoms with E-state index in [0.29, 0.717) is 10.7 Å². The zero-order valence-electron chi connectivity index (χ0n) is 11.4. The number of hydrogen-bond acceptors (Lipinski definition) is 2. The molecule has 1 unspecified atom stereocenters. The van der Waals surface area contributed by atoms with Gasteiger partial charge in [0.1, 0.15) is 0 Å². The van der Waals surface area contributed by atoms with Gasteiger partial charge in [0.05, 0.1) is 21.7 Å². The van der Waals surface area contributed by atoms with Gasteiger partial charge in [-0.3, -0.25) is 9.59 Å². The Balaban J connectivity index is 1.75. The molecule has 3 rings (SSSR count). The van der Waals surface area contributed by atoms with Crippen molar-refractivity contribution in [3.63, 3.8) is 0 Å². The van der Waals surface area contributed by atoms with Crippen LogP contribution in [0, 0.1) is 0 Å². The van der Waals surface area contributed by atoms with Crippen molar-refractivity contribution in [3.8, 4) is 0 Å². The summed E-state index contributed by atoms with van der Waals surface area (Å²) in [7, 11) is 0.